The van der Waals surface area contributed by atoms with Gasteiger partial charge < -0.3 is 20.2 Å². The quantitative estimate of drug-likeness (QED) is 0.821. The zero-order chi connectivity index (χ0) is 19.1. The molecule has 1 atom stereocenters. The van der Waals surface area contributed by atoms with Gasteiger partial charge in [-0.2, -0.15) is 0 Å². The summed E-state index contributed by atoms with van der Waals surface area (Å²) in [6.45, 7) is 6.05. The topological polar surface area (TPSA) is 64.0 Å². The number of aliphatic hydroxyl groups excluding tert-OH is 1. The summed E-state index contributed by atoms with van der Waals surface area (Å²) in [5, 5.41) is 15.3. The molecule has 0 bridgehead atoms. The molecule has 1 fully saturated rings. The van der Waals surface area contributed by atoms with E-state index >= 15 is 0 Å². The van der Waals surface area contributed by atoms with Gasteiger partial charge in [-0.05, 0) is 50.3 Å². The van der Waals surface area contributed by atoms with Crippen LogP contribution in [0.4, 0.5) is 0 Å². The van der Waals surface area contributed by atoms with E-state index in [2.05, 4.69) is 39.5 Å². The van der Waals surface area contributed by atoms with Crippen LogP contribution in [0.15, 0.2) is 53.3 Å². The number of hydrogen-bond donors (Lipinski definition) is 2. The molecule has 6 nitrogen and oxygen atoms in total. The molecule has 0 spiro atoms. The van der Waals surface area contributed by atoms with Gasteiger partial charge >= 0.3 is 0 Å². The Morgan fingerprint density at radius 2 is 2.14 bits per heavy atom. The van der Waals surface area contributed by atoms with Crippen molar-refractivity contribution < 1.29 is 5.11 Å². The van der Waals surface area contributed by atoms with Crippen molar-refractivity contribution >= 4 is 33.1 Å². The average molecular weight is 394 g/mol. The number of benzene rings is 1. The summed E-state index contributed by atoms with van der Waals surface area (Å²) in [4.78, 5) is 13.6. The highest BCUT2D eigenvalue weighted by atomic mass is 32.1. The van der Waals surface area contributed by atoms with Crippen LogP contribution < -0.4 is 5.32 Å². The average Bonchev–Trinajstić information content (AvgIpc) is 2.89. The summed E-state index contributed by atoms with van der Waals surface area (Å²) in [7, 11) is 0. The Bertz CT molecular complexity index is 1030. The number of nitrogens with zero attached hydrogens (tertiary/aromatic N) is 4. The van der Waals surface area contributed by atoms with E-state index in [4.69, 9.17) is 4.99 Å². The molecule has 1 unspecified atom stereocenters. The number of hydrogen-bond acceptors (Lipinski definition) is 7. The molecular weight excluding hydrogens is 370 g/mol. The fourth-order valence-corrected chi connectivity index (χ4v) is 4.65. The fraction of sp³-hybridized carbons (Fsp3) is 0.333. The van der Waals surface area contributed by atoms with E-state index in [1.165, 1.54) is 4.70 Å². The number of nitrogens with one attached hydrogen (secondary N) is 1. The first-order valence-corrected chi connectivity index (χ1v) is 10.5. The van der Waals surface area contributed by atoms with Gasteiger partial charge in [0.05, 0.1) is 26.6 Å². The lowest BCUT2D eigenvalue weighted by atomic mass is 10.1. The van der Waals surface area contributed by atoms with Gasteiger partial charge in [-0.1, -0.05) is 6.07 Å². The molecule has 2 N–H and O–H groups in total. The van der Waals surface area contributed by atoms with Crippen LogP contribution in [0.3, 0.4) is 0 Å². The van der Waals surface area contributed by atoms with Crippen LogP contribution >= 0.6 is 11.3 Å². The van der Waals surface area contributed by atoms with Crippen LogP contribution in [0.2, 0.25) is 0 Å². The summed E-state index contributed by atoms with van der Waals surface area (Å²) in [6, 6.07) is 6.18. The van der Waals surface area contributed by atoms with E-state index < -0.39 is 6.23 Å². The summed E-state index contributed by atoms with van der Waals surface area (Å²) in [5.41, 5.74) is 3.87. The maximum Gasteiger partial charge on any atom is 0.153 e. The van der Waals surface area contributed by atoms with Crippen LogP contribution in [0.25, 0.3) is 15.9 Å². The lowest BCUT2D eigenvalue weighted by Crippen LogP contribution is -2.40. The zero-order valence-electron chi connectivity index (χ0n) is 15.8. The second-order valence-corrected chi connectivity index (χ2v) is 8.47. The monoisotopic (exact) mass is 393 g/mol. The number of fused-ring (bicyclic) bond motifs is 2. The van der Waals surface area contributed by atoms with Gasteiger partial charge in [0.15, 0.2) is 6.23 Å². The minimum Gasteiger partial charge on any atom is -0.369 e. The largest absolute Gasteiger partial charge is 0.369 e. The van der Waals surface area contributed by atoms with Gasteiger partial charge in [0, 0.05) is 31.4 Å². The summed E-state index contributed by atoms with van der Waals surface area (Å²) < 4.78 is 1.17. The second kappa shape index (κ2) is 7.16. The highest BCUT2D eigenvalue weighted by Crippen LogP contribution is 2.30. The summed E-state index contributed by atoms with van der Waals surface area (Å²) in [5.74, 6) is 0.760. The third-order valence-electron chi connectivity index (χ3n) is 5.26. The van der Waals surface area contributed by atoms with E-state index in [9.17, 15) is 5.11 Å². The third-order valence-corrected chi connectivity index (χ3v) is 6.21. The van der Waals surface area contributed by atoms with Crippen molar-refractivity contribution in [3.8, 4) is 0 Å². The van der Waals surface area contributed by atoms with Crippen molar-refractivity contribution in [2.75, 3.05) is 26.2 Å². The molecule has 0 saturated carbocycles. The second-order valence-electron chi connectivity index (χ2n) is 7.24. The molecule has 7 heteroatoms. The van der Waals surface area contributed by atoms with Crippen molar-refractivity contribution in [3.63, 3.8) is 0 Å². The molecule has 4 heterocycles. The van der Waals surface area contributed by atoms with Crippen molar-refractivity contribution in [3.05, 3.63) is 58.9 Å². The van der Waals surface area contributed by atoms with Gasteiger partial charge in [0.1, 0.15) is 5.84 Å². The van der Waals surface area contributed by atoms with Crippen molar-refractivity contribution in [1.82, 2.24) is 20.1 Å². The first-order valence-electron chi connectivity index (χ1n) is 9.67. The lowest BCUT2D eigenvalue weighted by molar-refractivity contribution is 0.125. The van der Waals surface area contributed by atoms with Gasteiger partial charge in [-0.15, -0.1) is 11.3 Å². The van der Waals surface area contributed by atoms with E-state index in [0.29, 0.717) is 0 Å². The number of allylic oxidation sites excluding steroid dienone is 1. The summed E-state index contributed by atoms with van der Waals surface area (Å²) >= 11 is 1.69. The molecule has 3 aliphatic heterocycles. The Balaban J connectivity index is 1.42. The SMILES string of the molecule is Cc1nc2cc(C3=CC(O)N4C=C(N5CCCNCC5)C=CC4=N3)ccc2s1. The standard InChI is InChI=1S/C21H23N5OS/c1-14-23-18-11-15(3-5-19(18)28-14)17-12-21(27)26-13-16(4-6-20(26)24-17)25-9-2-7-22-8-10-25/h3-6,11-13,21-22,27H,2,7-10H2,1H3. The first kappa shape index (κ1) is 17.6. The number of aliphatic hydroxyl groups is 1. The molecule has 28 heavy (non-hydrogen) atoms. The van der Waals surface area contributed by atoms with Crippen LogP contribution in [-0.2, 0) is 0 Å². The molecule has 0 amide bonds. The number of aryl methyl sites for hydroxylation is 1. The van der Waals surface area contributed by atoms with E-state index in [1.807, 2.05) is 24.1 Å². The molecular formula is C21H23N5OS. The number of aromatic nitrogens is 1. The number of aliphatic imine (C=N–C) groups is 1. The highest BCUT2D eigenvalue weighted by Gasteiger charge is 2.25. The minimum absolute atomic E-state index is 0.736. The molecule has 0 aliphatic carbocycles. The van der Waals surface area contributed by atoms with E-state index in [-0.39, 0.29) is 0 Å². The fourth-order valence-electron chi connectivity index (χ4n) is 3.84. The molecule has 3 aliphatic rings. The smallest absolute Gasteiger partial charge is 0.153 e. The predicted molar refractivity (Wildman–Crippen MR) is 114 cm³/mol. The molecule has 2 aromatic rings. The van der Waals surface area contributed by atoms with E-state index in [1.54, 1.807) is 17.4 Å². The number of rotatable bonds is 2. The Kier molecular flexibility index (Phi) is 4.50. The van der Waals surface area contributed by atoms with Crippen LogP contribution in [-0.4, -0.2) is 58.1 Å². The Morgan fingerprint density at radius 1 is 1.21 bits per heavy atom. The van der Waals surface area contributed by atoms with Crippen molar-refractivity contribution in [2.24, 2.45) is 4.99 Å². The van der Waals surface area contributed by atoms with Crippen LogP contribution in [0, 0.1) is 6.92 Å². The van der Waals surface area contributed by atoms with Crippen LogP contribution in [0.1, 0.15) is 17.0 Å². The van der Waals surface area contributed by atoms with Crippen LogP contribution in [0.5, 0.6) is 0 Å². The Morgan fingerprint density at radius 3 is 3.07 bits per heavy atom. The normalized spacial score (nSPS) is 22.5. The van der Waals surface area contributed by atoms with Gasteiger partial charge in [0.25, 0.3) is 0 Å². The van der Waals surface area contributed by atoms with Gasteiger partial charge in [-0.3, -0.25) is 0 Å². The van der Waals surface area contributed by atoms with Gasteiger partial charge in [0.2, 0.25) is 0 Å². The molecule has 1 saturated heterocycles. The Labute approximate surface area is 168 Å². The first-order chi connectivity index (χ1) is 13.7. The number of amidine groups is 1. The molecule has 5 rings (SSSR count). The Hall–Kier alpha value is -2.48. The summed E-state index contributed by atoms with van der Waals surface area (Å²) in [6.07, 6.45) is 8.30. The maximum atomic E-state index is 10.8. The maximum absolute atomic E-state index is 10.8. The van der Waals surface area contributed by atoms with Crippen molar-refractivity contribution in [1.29, 1.82) is 0 Å². The molecule has 1 aromatic carbocycles. The van der Waals surface area contributed by atoms with Gasteiger partial charge in [-0.25, -0.2) is 9.98 Å². The third kappa shape index (κ3) is 3.26. The predicted octanol–water partition coefficient (Wildman–Crippen LogP) is 2.68. The zero-order valence-corrected chi connectivity index (χ0v) is 16.6. The lowest BCUT2D eigenvalue weighted by Gasteiger charge is -2.34. The number of thiazole rings is 1. The minimum atomic E-state index is -0.736. The molecule has 1 aromatic heterocycles. The molecule has 0 radical (unpaired) electrons. The van der Waals surface area contributed by atoms with E-state index in [0.717, 1.165) is 65.9 Å². The van der Waals surface area contributed by atoms with Crippen molar-refractivity contribution in [2.45, 2.75) is 19.6 Å². The molecule has 144 valence electrons. The highest BCUT2D eigenvalue weighted by molar-refractivity contribution is 7.18.